The van der Waals surface area contributed by atoms with Crippen LogP contribution in [0, 0.1) is 11.3 Å². The van der Waals surface area contributed by atoms with Crippen molar-refractivity contribution in [3.8, 4) is 0 Å². The summed E-state index contributed by atoms with van der Waals surface area (Å²) in [7, 11) is 0. The van der Waals surface area contributed by atoms with Crippen LogP contribution in [0.15, 0.2) is 5.38 Å². The minimum Gasteiger partial charge on any atom is -0.340 e. The molecule has 2 heterocycles. The summed E-state index contributed by atoms with van der Waals surface area (Å²) in [4.78, 5) is 21.8. The Morgan fingerprint density at radius 3 is 2.24 bits per heavy atom. The first kappa shape index (κ1) is 20.4. The average Bonchev–Trinajstić information content (AvgIpc) is 2.95. The number of carbonyl (C=O) groups is 1. The van der Waals surface area contributed by atoms with Crippen LogP contribution in [0.25, 0.3) is 0 Å². The predicted octanol–water partition coefficient (Wildman–Crippen LogP) is 4.16. The zero-order valence-electron chi connectivity index (χ0n) is 17.1. The maximum Gasteiger partial charge on any atom is 0.222 e. The highest BCUT2D eigenvalue weighted by Gasteiger charge is 2.27. The molecule has 1 aliphatic heterocycles. The summed E-state index contributed by atoms with van der Waals surface area (Å²) in [6.45, 7) is 19.9. The molecule has 1 saturated heterocycles. The number of rotatable bonds is 4. The van der Waals surface area contributed by atoms with E-state index in [0.717, 1.165) is 38.4 Å². The van der Waals surface area contributed by atoms with Crippen molar-refractivity contribution in [1.29, 1.82) is 0 Å². The van der Waals surface area contributed by atoms with E-state index in [2.05, 4.69) is 58.7 Å². The van der Waals surface area contributed by atoms with Crippen LogP contribution in [0.3, 0.4) is 0 Å². The molecule has 4 nitrogen and oxygen atoms in total. The summed E-state index contributed by atoms with van der Waals surface area (Å²) in [5, 5.41) is 3.39. The van der Waals surface area contributed by atoms with Gasteiger partial charge in [0.1, 0.15) is 0 Å². The fraction of sp³-hybridized carbons (Fsp3) is 0.800. The maximum absolute atomic E-state index is 12.5. The van der Waals surface area contributed by atoms with Gasteiger partial charge >= 0.3 is 0 Å². The molecule has 0 N–H and O–H groups in total. The van der Waals surface area contributed by atoms with Gasteiger partial charge in [-0.05, 0) is 11.3 Å². The molecule has 5 heteroatoms. The van der Waals surface area contributed by atoms with Gasteiger partial charge in [0, 0.05) is 49.9 Å². The summed E-state index contributed by atoms with van der Waals surface area (Å²) >= 11 is 1.76. The van der Waals surface area contributed by atoms with Gasteiger partial charge in [-0.15, -0.1) is 11.3 Å². The molecule has 0 bridgehead atoms. The van der Waals surface area contributed by atoms with Crippen molar-refractivity contribution in [2.45, 2.75) is 66.8 Å². The molecule has 0 saturated carbocycles. The van der Waals surface area contributed by atoms with Crippen LogP contribution in [0.1, 0.15) is 65.6 Å². The molecule has 1 amide bonds. The highest BCUT2D eigenvalue weighted by atomic mass is 32.1. The molecular weight excluding hydrogens is 330 g/mol. The summed E-state index contributed by atoms with van der Waals surface area (Å²) in [6.07, 6.45) is 0.657. The minimum absolute atomic E-state index is 0.123. The second-order valence-electron chi connectivity index (χ2n) is 9.52. The zero-order valence-corrected chi connectivity index (χ0v) is 17.9. The van der Waals surface area contributed by atoms with E-state index >= 15 is 0 Å². The van der Waals surface area contributed by atoms with Gasteiger partial charge in [0.05, 0.1) is 10.7 Å². The number of nitrogens with zero attached hydrogens (tertiary/aromatic N) is 3. The number of aromatic nitrogens is 1. The number of piperazine rings is 1. The number of hydrogen-bond acceptors (Lipinski definition) is 4. The van der Waals surface area contributed by atoms with Gasteiger partial charge in [-0.2, -0.15) is 0 Å². The molecule has 1 unspecified atom stereocenters. The van der Waals surface area contributed by atoms with Crippen molar-refractivity contribution in [1.82, 2.24) is 14.8 Å². The van der Waals surface area contributed by atoms with E-state index in [1.54, 1.807) is 11.3 Å². The van der Waals surface area contributed by atoms with Crippen molar-refractivity contribution in [3.63, 3.8) is 0 Å². The van der Waals surface area contributed by atoms with E-state index in [1.807, 2.05) is 4.90 Å². The number of thiazole rings is 1. The molecular formula is C20H35N3OS. The standard InChI is InChI=1S/C20H35N3OS/c1-15(19(2,3)4)12-17(24)23-10-8-22(9-11-23)13-16-14-25-18(21-16)20(5,6)7/h14-15H,8-13H2,1-7H3. The fourth-order valence-electron chi connectivity index (χ4n) is 2.81. The molecule has 25 heavy (non-hydrogen) atoms. The largest absolute Gasteiger partial charge is 0.340 e. The highest BCUT2D eigenvalue weighted by molar-refractivity contribution is 7.09. The Kier molecular flexibility index (Phi) is 6.31. The van der Waals surface area contributed by atoms with Crippen molar-refractivity contribution in [3.05, 3.63) is 16.1 Å². The second kappa shape index (κ2) is 7.75. The van der Waals surface area contributed by atoms with Gasteiger partial charge in [0.15, 0.2) is 0 Å². The molecule has 1 aromatic rings. The third-order valence-electron chi connectivity index (χ3n) is 5.26. The highest BCUT2D eigenvalue weighted by Crippen LogP contribution is 2.29. The molecule has 1 atom stereocenters. The summed E-state index contributed by atoms with van der Waals surface area (Å²) in [5.41, 5.74) is 1.47. The second-order valence-corrected chi connectivity index (χ2v) is 10.4. The Hall–Kier alpha value is -0.940. The smallest absolute Gasteiger partial charge is 0.222 e. The van der Waals surface area contributed by atoms with E-state index in [4.69, 9.17) is 4.98 Å². The Balaban J connectivity index is 1.81. The Bertz CT molecular complexity index is 574. The predicted molar refractivity (Wildman–Crippen MR) is 106 cm³/mol. The third kappa shape index (κ3) is 5.78. The van der Waals surface area contributed by atoms with Crippen LogP contribution in [0.2, 0.25) is 0 Å². The van der Waals surface area contributed by atoms with E-state index in [0.29, 0.717) is 18.2 Å². The van der Waals surface area contributed by atoms with Gasteiger partial charge in [-0.3, -0.25) is 9.69 Å². The van der Waals surface area contributed by atoms with E-state index in [9.17, 15) is 4.79 Å². The van der Waals surface area contributed by atoms with Crippen molar-refractivity contribution in [2.75, 3.05) is 26.2 Å². The van der Waals surface area contributed by atoms with Crippen LogP contribution in [-0.4, -0.2) is 46.9 Å². The van der Waals surface area contributed by atoms with Gasteiger partial charge in [0.25, 0.3) is 0 Å². The van der Waals surface area contributed by atoms with E-state index in [1.165, 1.54) is 5.01 Å². The van der Waals surface area contributed by atoms with Gasteiger partial charge in [-0.25, -0.2) is 4.98 Å². The van der Waals surface area contributed by atoms with E-state index < -0.39 is 0 Å². The molecule has 1 aromatic heterocycles. The molecule has 1 fully saturated rings. The molecule has 2 rings (SSSR count). The zero-order chi connectivity index (χ0) is 18.8. The number of hydrogen-bond donors (Lipinski definition) is 0. The van der Waals surface area contributed by atoms with Gasteiger partial charge < -0.3 is 4.90 Å². The lowest BCUT2D eigenvalue weighted by molar-refractivity contribution is -0.134. The fourth-order valence-corrected chi connectivity index (χ4v) is 3.70. The Morgan fingerprint density at radius 2 is 1.76 bits per heavy atom. The summed E-state index contributed by atoms with van der Waals surface area (Å²) < 4.78 is 0. The molecule has 0 spiro atoms. The first-order valence-electron chi connectivity index (χ1n) is 9.42. The summed E-state index contributed by atoms with van der Waals surface area (Å²) in [5.74, 6) is 0.717. The monoisotopic (exact) mass is 365 g/mol. The molecule has 142 valence electrons. The van der Waals surface area contributed by atoms with Crippen LogP contribution in [0.4, 0.5) is 0 Å². The Morgan fingerprint density at radius 1 is 1.16 bits per heavy atom. The van der Waals surface area contributed by atoms with Crippen LogP contribution in [-0.2, 0) is 16.8 Å². The first-order chi connectivity index (χ1) is 11.5. The Labute approximate surface area is 157 Å². The third-order valence-corrected chi connectivity index (χ3v) is 6.58. The lowest BCUT2D eigenvalue weighted by atomic mass is 9.80. The van der Waals surface area contributed by atoms with Crippen LogP contribution in [0.5, 0.6) is 0 Å². The van der Waals surface area contributed by atoms with E-state index in [-0.39, 0.29) is 10.8 Å². The lowest BCUT2D eigenvalue weighted by Crippen LogP contribution is -2.48. The maximum atomic E-state index is 12.5. The van der Waals surface area contributed by atoms with Crippen LogP contribution < -0.4 is 0 Å². The van der Waals surface area contributed by atoms with Crippen molar-refractivity contribution >= 4 is 17.2 Å². The normalized spacial score (nSPS) is 18.4. The van der Waals surface area contributed by atoms with Gasteiger partial charge in [-0.1, -0.05) is 48.5 Å². The molecule has 0 radical (unpaired) electrons. The van der Waals surface area contributed by atoms with Crippen molar-refractivity contribution < 1.29 is 4.79 Å². The van der Waals surface area contributed by atoms with Crippen molar-refractivity contribution in [2.24, 2.45) is 11.3 Å². The quantitative estimate of drug-likeness (QED) is 0.804. The molecule has 1 aliphatic rings. The topological polar surface area (TPSA) is 36.4 Å². The summed E-state index contributed by atoms with van der Waals surface area (Å²) in [6, 6.07) is 0. The molecule has 0 aromatic carbocycles. The van der Waals surface area contributed by atoms with Gasteiger partial charge in [0.2, 0.25) is 5.91 Å². The number of amides is 1. The first-order valence-corrected chi connectivity index (χ1v) is 10.3. The lowest BCUT2D eigenvalue weighted by Gasteiger charge is -2.36. The number of carbonyl (C=O) groups excluding carboxylic acids is 1. The minimum atomic E-state index is 0.123. The average molecular weight is 366 g/mol. The van der Waals surface area contributed by atoms with Crippen LogP contribution >= 0.6 is 11.3 Å². The molecule has 0 aliphatic carbocycles. The SMILES string of the molecule is CC(CC(=O)N1CCN(Cc2csc(C(C)(C)C)n2)CC1)C(C)(C)C.